The normalized spacial score (nSPS) is 15.2. The van der Waals surface area contributed by atoms with Crippen molar-refractivity contribution >= 4 is 28.2 Å². The number of piperazine rings is 1. The van der Waals surface area contributed by atoms with E-state index >= 15 is 0 Å². The van der Waals surface area contributed by atoms with E-state index < -0.39 is 0 Å². The summed E-state index contributed by atoms with van der Waals surface area (Å²) in [4.78, 5) is 30.2. The molecule has 0 aliphatic carbocycles. The number of fused-ring (bicyclic) bond motifs is 1. The predicted molar refractivity (Wildman–Crippen MR) is 118 cm³/mol. The largest absolute Gasteiger partial charge is 0.369 e. The number of nitrogens with zero attached hydrogens (tertiary/aromatic N) is 4. The van der Waals surface area contributed by atoms with E-state index in [9.17, 15) is 9.59 Å². The van der Waals surface area contributed by atoms with Crippen LogP contribution in [0.1, 0.15) is 6.42 Å². The molecular weight excluding hydrogens is 388 g/mol. The van der Waals surface area contributed by atoms with Crippen molar-refractivity contribution in [3.63, 3.8) is 0 Å². The fourth-order valence-electron chi connectivity index (χ4n) is 4.01. The van der Waals surface area contributed by atoms with Crippen LogP contribution in [0.4, 0.5) is 5.69 Å². The van der Waals surface area contributed by atoms with Crippen molar-refractivity contribution in [2.75, 3.05) is 37.6 Å². The first kappa shape index (κ1) is 19.7. The van der Waals surface area contributed by atoms with Gasteiger partial charge in [0.1, 0.15) is 0 Å². The third kappa shape index (κ3) is 4.09. The maximum absolute atomic E-state index is 12.8. The van der Waals surface area contributed by atoms with E-state index in [0.29, 0.717) is 22.5 Å². The number of benzene rings is 2. The van der Waals surface area contributed by atoms with Gasteiger partial charge in [0.25, 0.3) is 5.56 Å². The highest BCUT2D eigenvalue weighted by Crippen LogP contribution is 2.16. The Balaban J connectivity index is 1.40. The minimum Gasteiger partial charge on any atom is -0.369 e. The zero-order valence-corrected chi connectivity index (χ0v) is 17.3. The fourth-order valence-corrected chi connectivity index (χ4v) is 4.18. The van der Waals surface area contributed by atoms with Gasteiger partial charge in [-0.1, -0.05) is 29.8 Å². The molecule has 2 heterocycles. The lowest BCUT2D eigenvalue weighted by molar-refractivity contribution is 0.249. The third-order valence-electron chi connectivity index (χ3n) is 5.66. The van der Waals surface area contributed by atoms with Crippen molar-refractivity contribution in [2.45, 2.75) is 13.0 Å². The summed E-state index contributed by atoms with van der Waals surface area (Å²) in [5, 5.41) is 0.979. The minimum atomic E-state index is -0.279. The highest BCUT2D eigenvalue weighted by Gasteiger charge is 2.17. The van der Waals surface area contributed by atoms with E-state index in [0.717, 1.165) is 39.1 Å². The van der Waals surface area contributed by atoms with Crippen molar-refractivity contribution in [2.24, 2.45) is 7.05 Å². The molecule has 3 aromatic rings. The van der Waals surface area contributed by atoms with Crippen LogP contribution in [0.3, 0.4) is 0 Å². The lowest BCUT2D eigenvalue weighted by Gasteiger charge is -2.36. The second-order valence-corrected chi connectivity index (χ2v) is 7.91. The average molecular weight is 413 g/mol. The topological polar surface area (TPSA) is 50.5 Å². The second kappa shape index (κ2) is 8.43. The lowest BCUT2D eigenvalue weighted by Crippen LogP contribution is -2.47. The highest BCUT2D eigenvalue weighted by atomic mass is 35.5. The number of aryl methyl sites for hydroxylation is 1. The quantitative estimate of drug-likeness (QED) is 0.646. The molecule has 0 spiro atoms. The number of aromatic nitrogens is 2. The molecule has 152 valence electrons. The first-order chi connectivity index (χ1) is 14.0. The molecule has 4 rings (SSSR count). The Morgan fingerprint density at radius 1 is 0.931 bits per heavy atom. The Kier molecular flexibility index (Phi) is 5.74. The summed E-state index contributed by atoms with van der Waals surface area (Å²) < 4.78 is 2.85. The van der Waals surface area contributed by atoms with Crippen LogP contribution in [0.25, 0.3) is 10.9 Å². The number of para-hydroxylation sites is 1. The Bertz CT molecular complexity index is 1120. The van der Waals surface area contributed by atoms with Gasteiger partial charge in [0.2, 0.25) is 0 Å². The van der Waals surface area contributed by atoms with E-state index in [1.54, 1.807) is 25.2 Å². The molecule has 1 fully saturated rings. The van der Waals surface area contributed by atoms with Gasteiger partial charge in [-0.15, -0.1) is 0 Å². The van der Waals surface area contributed by atoms with Gasteiger partial charge in [0, 0.05) is 50.5 Å². The zero-order valence-electron chi connectivity index (χ0n) is 16.6. The fraction of sp³-hybridized carbons (Fsp3) is 0.364. The van der Waals surface area contributed by atoms with Crippen LogP contribution in [0.15, 0.2) is 58.1 Å². The molecule has 0 bridgehead atoms. The van der Waals surface area contributed by atoms with Gasteiger partial charge in [-0.25, -0.2) is 4.79 Å². The van der Waals surface area contributed by atoms with Crippen molar-refractivity contribution in [1.29, 1.82) is 0 Å². The summed E-state index contributed by atoms with van der Waals surface area (Å²) in [5.74, 6) is 0. The molecule has 0 saturated carbocycles. The molecule has 1 aromatic heterocycles. The van der Waals surface area contributed by atoms with E-state index in [1.807, 2.05) is 6.07 Å². The van der Waals surface area contributed by atoms with Crippen LogP contribution in [0, 0.1) is 0 Å². The smallest absolute Gasteiger partial charge is 0.331 e. The second-order valence-electron chi connectivity index (χ2n) is 7.48. The van der Waals surface area contributed by atoms with E-state index in [2.05, 4.69) is 34.1 Å². The van der Waals surface area contributed by atoms with E-state index in [4.69, 9.17) is 11.6 Å². The molecule has 1 saturated heterocycles. The molecular formula is C22H25ClN4O2. The number of anilines is 1. The molecule has 0 N–H and O–H groups in total. The van der Waals surface area contributed by atoms with E-state index in [1.165, 1.54) is 14.8 Å². The van der Waals surface area contributed by atoms with Crippen molar-refractivity contribution in [3.05, 3.63) is 74.4 Å². The molecule has 29 heavy (non-hydrogen) atoms. The van der Waals surface area contributed by atoms with Crippen molar-refractivity contribution < 1.29 is 0 Å². The number of hydrogen-bond donors (Lipinski definition) is 0. The summed E-state index contributed by atoms with van der Waals surface area (Å²) in [7, 11) is 1.69. The summed E-state index contributed by atoms with van der Waals surface area (Å²) >= 11 is 6.05. The first-order valence-corrected chi connectivity index (χ1v) is 10.3. The Morgan fingerprint density at radius 2 is 1.66 bits per heavy atom. The summed E-state index contributed by atoms with van der Waals surface area (Å²) in [6, 6.07) is 15.5. The van der Waals surface area contributed by atoms with Gasteiger partial charge in [0.15, 0.2) is 0 Å². The average Bonchev–Trinajstić information content (AvgIpc) is 2.75. The Hall–Kier alpha value is -2.57. The highest BCUT2D eigenvalue weighted by molar-refractivity contribution is 6.31. The molecule has 6 nitrogen and oxygen atoms in total. The van der Waals surface area contributed by atoms with Gasteiger partial charge in [-0.2, -0.15) is 0 Å². The van der Waals surface area contributed by atoms with Gasteiger partial charge >= 0.3 is 5.69 Å². The van der Waals surface area contributed by atoms with E-state index in [-0.39, 0.29) is 11.2 Å². The van der Waals surface area contributed by atoms with Crippen molar-refractivity contribution in [3.8, 4) is 0 Å². The number of halogens is 1. The molecule has 0 radical (unpaired) electrons. The number of rotatable bonds is 5. The predicted octanol–water partition coefficient (Wildman–Crippen LogP) is 2.57. The van der Waals surface area contributed by atoms with Gasteiger partial charge < -0.3 is 4.90 Å². The lowest BCUT2D eigenvalue weighted by atomic mass is 10.2. The Labute approximate surface area is 174 Å². The maximum atomic E-state index is 12.8. The van der Waals surface area contributed by atoms with Crippen LogP contribution in [0.2, 0.25) is 5.02 Å². The molecule has 0 unspecified atom stereocenters. The van der Waals surface area contributed by atoms with Gasteiger partial charge in [-0.3, -0.25) is 18.8 Å². The monoisotopic (exact) mass is 412 g/mol. The molecule has 1 aliphatic heterocycles. The van der Waals surface area contributed by atoms with Crippen LogP contribution in [0.5, 0.6) is 0 Å². The maximum Gasteiger partial charge on any atom is 0.331 e. The third-order valence-corrected chi connectivity index (χ3v) is 5.90. The molecule has 2 aromatic carbocycles. The molecule has 1 aliphatic rings. The minimum absolute atomic E-state index is 0.264. The summed E-state index contributed by atoms with van der Waals surface area (Å²) in [5.41, 5.74) is 1.33. The molecule has 7 heteroatoms. The molecule has 0 amide bonds. The summed E-state index contributed by atoms with van der Waals surface area (Å²) in [6.07, 6.45) is 0.757. The van der Waals surface area contributed by atoms with Gasteiger partial charge in [-0.05, 0) is 43.3 Å². The SMILES string of the molecule is Cn1c(=O)n(CCCN2CCN(c3ccccc3)CC2)c(=O)c2cc(Cl)ccc21. The standard InChI is InChI=1S/C22H25ClN4O2/c1-24-20-9-8-17(23)16-19(20)21(28)27(22(24)29)11-5-10-25-12-14-26(15-13-25)18-6-3-2-4-7-18/h2-4,6-9,16H,5,10-15H2,1H3. The van der Waals surface area contributed by atoms with Crippen LogP contribution >= 0.6 is 11.6 Å². The molecule has 0 atom stereocenters. The Morgan fingerprint density at radius 3 is 2.38 bits per heavy atom. The summed E-state index contributed by atoms with van der Waals surface area (Å²) in [6.45, 7) is 5.21. The van der Waals surface area contributed by atoms with Crippen LogP contribution in [-0.2, 0) is 13.6 Å². The van der Waals surface area contributed by atoms with Gasteiger partial charge in [0.05, 0.1) is 10.9 Å². The van der Waals surface area contributed by atoms with Crippen molar-refractivity contribution in [1.82, 2.24) is 14.0 Å². The zero-order chi connectivity index (χ0) is 20.4. The van der Waals surface area contributed by atoms with Crippen LogP contribution in [-0.4, -0.2) is 46.8 Å². The number of hydrogen-bond acceptors (Lipinski definition) is 4. The first-order valence-electron chi connectivity index (χ1n) is 9.96. The van der Waals surface area contributed by atoms with Crippen LogP contribution < -0.4 is 16.1 Å².